The largest absolute Gasteiger partial charge is 0.412 e. The first kappa shape index (κ1) is 9.42. The molecule has 5 nitrogen and oxygen atoms in total. The van der Waals surface area contributed by atoms with Gasteiger partial charge in [-0.3, -0.25) is 0 Å². The maximum Gasteiger partial charge on any atom is 0.138 e. The zero-order valence-corrected chi connectivity index (χ0v) is 7.75. The average Bonchev–Trinajstić information content (AvgIpc) is 2.61. The second-order valence-corrected chi connectivity index (χ2v) is 3.13. The van der Waals surface area contributed by atoms with E-state index in [4.69, 9.17) is 0 Å². The Hall–Kier alpha value is -2.14. The van der Waals surface area contributed by atoms with E-state index in [9.17, 15) is 5.21 Å². The Morgan fingerprint density at radius 3 is 2.73 bits per heavy atom. The summed E-state index contributed by atoms with van der Waals surface area (Å²) in [5.74, 6) is 0. The Bertz CT molecular complexity index is 618. The van der Waals surface area contributed by atoms with Crippen LogP contribution in [0.3, 0.4) is 0 Å². The minimum absolute atomic E-state index is 0. The molecule has 2 aromatic carbocycles. The average molecular weight is 203 g/mol. The number of fused-ring (bicyclic) bond motifs is 3. The molecule has 3 rings (SSSR count). The van der Waals surface area contributed by atoms with E-state index in [1.54, 1.807) is 0 Å². The van der Waals surface area contributed by atoms with Crippen molar-refractivity contribution in [2.45, 2.75) is 0 Å². The topological polar surface area (TPSA) is 82.4 Å². The lowest BCUT2D eigenvalue weighted by atomic mass is 10.1. The van der Waals surface area contributed by atoms with E-state index in [-0.39, 0.29) is 5.48 Å². The molecule has 76 valence electrons. The molecule has 1 aromatic heterocycles. The van der Waals surface area contributed by atoms with Gasteiger partial charge in [-0.25, -0.2) is 0 Å². The van der Waals surface area contributed by atoms with Crippen LogP contribution in [0.1, 0.15) is 0 Å². The first-order valence-electron chi connectivity index (χ1n) is 4.29. The normalized spacial score (nSPS) is 10.4. The van der Waals surface area contributed by atoms with Crippen LogP contribution in [0.15, 0.2) is 36.4 Å². The molecule has 0 unspecified atom stereocenters. The van der Waals surface area contributed by atoms with Crippen molar-refractivity contribution in [2.75, 3.05) is 0 Å². The highest BCUT2D eigenvalue weighted by Crippen LogP contribution is 2.22. The monoisotopic (exact) mass is 203 g/mol. The van der Waals surface area contributed by atoms with Gasteiger partial charge in [0.05, 0.1) is 0 Å². The van der Waals surface area contributed by atoms with Crippen LogP contribution in [0.4, 0.5) is 0 Å². The van der Waals surface area contributed by atoms with Gasteiger partial charge in [0, 0.05) is 5.39 Å². The van der Waals surface area contributed by atoms with Gasteiger partial charge in [0.15, 0.2) is 0 Å². The number of hydrogen-bond acceptors (Lipinski definition) is 3. The summed E-state index contributed by atoms with van der Waals surface area (Å²) in [6.45, 7) is 0. The molecule has 0 bridgehead atoms. The second kappa shape index (κ2) is 3.21. The summed E-state index contributed by atoms with van der Waals surface area (Å²) in [5, 5.41) is 18.9. The Labute approximate surface area is 84.8 Å². The van der Waals surface area contributed by atoms with Gasteiger partial charge in [-0.1, -0.05) is 35.2 Å². The Balaban J connectivity index is 0.000000853. The lowest BCUT2D eigenvalue weighted by molar-refractivity contribution is 0.155. The second-order valence-electron chi connectivity index (χ2n) is 3.13. The molecule has 3 N–H and O–H groups in total. The summed E-state index contributed by atoms with van der Waals surface area (Å²) >= 11 is 0. The van der Waals surface area contributed by atoms with Gasteiger partial charge in [0.2, 0.25) is 0 Å². The van der Waals surface area contributed by atoms with Crippen LogP contribution in [0.2, 0.25) is 0 Å². The molecule has 0 aliphatic rings. The van der Waals surface area contributed by atoms with E-state index in [1.807, 2.05) is 36.4 Å². The molecular formula is C10H9N3O2. The molecule has 0 fully saturated rings. The van der Waals surface area contributed by atoms with Crippen molar-refractivity contribution in [3.63, 3.8) is 0 Å². The highest BCUT2D eigenvalue weighted by atomic mass is 16.5. The van der Waals surface area contributed by atoms with Crippen molar-refractivity contribution < 1.29 is 10.7 Å². The molecule has 0 saturated carbocycles. The minimum atomic E-state index is 0. The van der Waals surface area contributed by atoms with E-state index in [0.29, 0.717) is 11.0 Å². The molecule has 0 atom stereocenters. The molecule has 0 spiro atoms. The van der Waals surface area contributed by atoms with Crippen LogP contribution >= 0.6 is 0 Å². The first-order valence-corrected chi connectivity index (χ1v) is 4.29. The van der Waals surface area contributed by atoms with Crippen LogP contribution in [-0.4, -0.2) is 25.8 Å². The lowest BCUT2D eigenvalue weighted by Gasteiger charge is -1.98. The van der Waals surface area contributed by atoms with Gasteiger partial charge in [0.1, 0.15) is 11.0 Å². The summed E-state index contributed by atoms with van der Waals surface area (Å²) < 4.78 is 0. The predicted molar refractivity (Wildman–Crippen MR) is 55.8 cm³/mol. The van der Waals surface area contributed by atoms with Crippen molar-refractivity contribution in [3.05, 3.63) is 36.4 Å². The van der Waals surface area contributed by atoms with E-state index < -0.39 is 0 Å². The molecular weight excluding hydrogens is 194 g/mol. The Morgan fingerprint density at radius 2 is 1.87 bits per heavy atom. The van der Waals surface area contributed by atoms with E-state index in [0.717, 1.165) is 15.6 Å². The van der Waals surface area contributed by atoms with E-state index in [1.165, 1.54) is 0 Å². The fourth-order valence-corrected chi connectivity index (χ4v) is 1.67. The van der Waals surface area contributed by atoms with Crippen LogP contribution in [-0.2, 0) is 0 Å². The molecule has 0 saturated heterocycles. The first-order chi connectivity index (χ1) is 6.86. The minimum Gasteiger partial charge on any atom is -0.412 e. The van der Waals surface area contributed by atoms with E-state index in [2.05, 4.69) is 10.3 Å². The fraction of sp³-hybridized carbons (Fsp3) is 0. The zero-order valence-electron chi connectivity index (χ0n) is 7.75. The highest BCUT2D eigenvalue weighted by Gasteiger charge is 2.06. The molecule has 0 amide bonds. The molecule has 1 heterocycles. The molecule has 0 aliphatic heterocycles. The third kappa shape index (κ3) is 1.21. The lowest BCUT2D eigenvalue weighted by Crippen LogP contribution is -1.92. The molecule has 0 radical (unpaired) electrons. The van der Waals surface area contributed by atoms with E-state index >= 15 is 0 Å². The van der Waals surface area contributed by atoms with Crippen LogP contribution in [0.5, 0.6) is 0 Å². The zero-order chi connectivity index (χ0) is 9.54. The molecule has 5 heteroatoms. The smallest absolute Gasteiger partial charge is 0.138 e. The maximum atomic E-state index is 9.45. The van der Waals surface area contributed by atoms with Crippen molar-refractivity contribution in [1.82, 2.24) is 15.2 Å². The van der Waals surface area contributed by atoms with Gasteiger partial charge in [0.25, 0.3) is 0 Å². The number of rotatable bonds is 0. The quantitative estimate of drug-likeness (QED) is 0.553. The maximum absolute atomic E-state index is 9.45. The summed E-state index contributed by atoms with van der Waals surface area (Å²) in [4.78, 5) is 0.817. The molecule has 0 aliphatic carbocycles. The van der Waals surface area contributed by atoms with Gasteiger partial charge in [-0.15, -0.1) is 5.10 Å². The number of aromatic nitrogens is 3. The number of benzene rings is 2. The number of nitrogens with zero attached hydrogens (tertiary/aromatic N) is 3. The van der Waals surface area contributed by atoms with Crippen molar-refractivity contribution in [1.29, 1.82) is 0 Å². The van der Waals surface area contributed by atoms with Crippen LogP contribution in [0.25, 0.3) is 21.8 Å². The SMILES string of the molecule is O.On1nnc2ccc3ccccc3c21. The molecule has 3 aromatic rings. The third-order valence-electron chi connectivity index (χ3n) is 2.32. The fourth-order valence-electron chi connectivity index (χ4n) is 1.67. The highest BCUT2D eigenvalue weighted by molar-refractivity contribution is 6.03. The third-order valence-corrected chi connectivity index (χ3v) is 2.32. The summed E-state index contributed by atoms with van der Waals surface area (Å²) in [6, 6.07) is 11.6. The van der Waals surface area contributed by atoms with Crippen molar-refractivity contribution >= 4 is 21.8 Å². The van der Waals surface area contributed by atoms with Gasteiger partial charge in [-0.2, -0.15) is 0 Å². The Morgan fingerprint density at radius 1 is 1.07 bits per heavy atom. The number of hydrogen-bond donors (Lipinski definition) is 1. The van der Waals surface area contributed by atoms with Crippen molar-refractivity contribution in [2.24, 2.45) is 0 Å². The van der Waals surface area contributed by atoms with Crippen LogP contribution in [0, 0.1) is 0 Å². The van der Waals surface area contributed by atoms with Gasteiger partial charge in [-0.05, 0) is 16.7 Å². The van der Waals surface area contributed by atoms with Gasteiger partial charge >= 0.3 is 0 Å². The van der Waals surface area contributed by atoms with Gasteiger partial charge < -0.3 is 10.7 Å². The summed E-state index contributed by atoms with van der Waals surface area (Å²) in [6.07, 6.45) is 0. The van der Waals surface area contributed by atoms with Crippen LogP contribution < -0.4 is 0 Å². The summed E-state index contributed by atoms with van der Waals surface area (Å²) in [5.41, 5.74) is 1.36. The standard InChI is InChI=1S/C10H7N3O.H2O/c14-13-10-8-4-2-1-3-7(8)5-6-9(10)11-12-13;/h1-6,14H;1H2. The Kier molecular flexibility index (Phi) is 2.02. The molecule has 15 heavy (non-hydrogen) atoms. The van der Waals surface area contributed by atoms with Crippen molar-refractivity contribution in [3.8, 4) is 0 Å². The summed E-state index contributed by atoms with van der Waals surface area (Å²) in [7, 11) is 0. The predicted octanol–water partition coefficient (Wildman–Crippen LogP) is 0.997.